The molecule has 6 nitrogen and oxygen atoms in total. The summed E-state index contributed by atoms with van der Waals surface area (Å²) >= 11 is 0. The van der Waals surface area contributed by atoms with E-state index in [2.05, 4.69) is 15.5 Å². The largest absolute Gasteiger partial charge is 0.478 e. The van der Waals surface area contributed by atoms with Gasteiger partial charge < -0.3 is 20.6 Å². The number of aromatic carboxylic acids is 1. The van der Waals surface area contributed by atoms with E-state index in [0.29, 0.717) is 12.2 Å². The molecule has 1 saturated carbocycles. The van der Waals surface area contributed by atoms with Crippen molar-refractivity contribution in [2.45, 2.75) is 24.8 Å². The van der Waals surface area contributed by atoms with Crippen LogP contribution < -0.4 is 10.6 Å². The minimum atomic E-state index is -0.982. The maximum atomic E-state index is 11.9. The number of carboxylic acid groups (broad SMARTS) is 1. The average Bonchev–Trinajstić information content (AvgIpc) is 2.37. The van der Waals surface area contributed by atoms with Crippen molar-refractivity contribution in [1.29, 1.82) is 0 Å². The van der Waals surface area contributed by atoms with E-state index >= 15 is 0 Å². The molecule has 0 aliphatic heterocycles. The molecular weight excluding hydrogens is 270 g/mol. The monoisotopic (exact) mass is 291 g/mol. The lowest BCUT2D eigenvalue weighted by Gasteiger charge is -2.47. The van der Waals surface area contributed by atoms with Crippen molar-refractivity contribution in [3.8, 4) is 0 Å². The Morgan fingerprint density at radius 3 is 2.29 bits per heavy atom. The van der Waals surface area contributed by atoms with E-state index in [1.54, 1.807) is 12.1 Å². The zero-order chi connectivity index (χ0) is 15.5. The predicted octanol–water partition coefficient (Wildman–Crippen LogP) is 1.99. The summed E-state index contributed by atoms with van der Waals surface area (Å²) in [7, 11) is 4.06. The Hall–Kier alpha value is -2.08. The smallest absolute Gasteiger partial charge is 0.335 e. The van der Waals surface area contributed by atoms with Crippen molar-refractivity contribution in [2.24, 2.45) is 0 Å². The molecule has 0 unspecified atom stereocenters. The molecule has 2 amide bonds. The van der Waals surface area contributed by atoms with Gasteiger partial charge in [0.2, 0.25) is 0 Å². The van der Waals surface area contributed by atoms with Gasteiger partial charge in [-0.25, -0.2) is 9.59 Å². The van der Waals surface area contributed by atoms with Gasteiger partial charge in [-0.1, -0.05) is 0 Å². The third kappa shape index (κ3) is 3.52. The molecule has 0 atom stereocenters. The molecule has 1 aromatic carbocycles. The molecule has 6 heteroatoms. The first-order valence-electron chi connectivity index (χ1n) is 6.99. The maximum absolute atomic E-state index is 11.9. The van der Waals surface area contributed by atoms with E-state index in [4.69, 9.17) is 5.11 Å². The third-order valence-electron chi connectivity index (χ3n) is 4.20. The number of likely N-dealkylation sites (N-methyl/N-ethyl adjacent to an activating group) is 1. The first kappa shape index (κ1) is 15.3. The standard InChI is InChI=1S/C15H21N3O3/c1-18(2)15(8-3-9-15)10-16-14(21)17-12-6-4-11(5-7-12)13(19)20/h4-7H,3,8-10H2,1-2H3,(H,19,20)(H2,16,17,21). The van der Waals surface area contributed by atoms with Gasteiger partial charge in [0.15, 0.2) is 0 Å². The molecule has 114 valence electrons. The van der Waals surface area contributed by atoms with Crippen LogP contribution in [-0.2, 0) is 0 Å². The van der Waals surface area contributed by atoms with Crippen LogP contribution >= 0.6 is 0 Å². The molecular formula is C15H21N3O3. The third-order valence-corrected chi connectivity index (χ3v) is 4.20. The van der Waals surface area contributed by atoms with Gasteiger partial charge in [-0.05, 0) is 57.6 Å². The lowest BCUT2D eigenvalue weighted by molar-refractivity contribution is 0.0630. The summed E-state index contributed by atoms with van der Waals surface area (Å²) in [5.41, 5.74) is 0.844. The number of nitrogens with zero attached hydrogens (tertiary/aromatic N) is 1. The van der Waals surface area contributed by atoms with Crippen molar-refractivity contribution in [3.05, 3.63) is 29.8 Å². The van der Waals surface area contributed by atoms with Crippen molar-refractivity contribution in [2.75, 3.05) is 26.0 Å². The number of carbonyl (C=O) groups excluding carboxylic acids is 1. The normalized spacial score (nSPS) is 16.1. The zero-order valence-corrected chi connectivity index (χ0v) is 12.3. The van der Waals surface area contributed by atoms with Crippen LogP contribution in [0.25, 0.3) is 0 Å². The molecule has 1 fully saturated rings. The van der Waals surface area contributed by atoms with Crippen molar-refractivity contribution in [1.82, 2.24) is 10.2 Å². The Labute approximate surface area is 124 Å². The van der Waals surface area contributed by atoms with Crippen LogP contribution in [0.2, 0.25) is 0 Å². The van der Waals surface area contributed by atoms with Crippen LogP contribution in [0.5, 0.6) is 0 Å². The van der Waals surface area contributed by atoms with Crippen LogP contribution in [0.15, 0.2) is 24.3 Å². The van der Waals surface area contributed by atoms with Crippen LogP contribution in [0.1, 0.15) is 29.6 Å². The van der Waals surface area contributed by atoms with E-state index in [9.17, 15) is 9.59 Å². The van der Waals surface area contributed by atoms with Crippen LogP contribution in [-0.4, -0.2) is 48.2 Å². The molecule has 0 heterocycles. The van der Waals surface area contributed by atoms with Gasteiger partial charge in [0.1, 0.15) is 0 Å². The van der Waals surface area contributed by atoms with Crippen LogP contribution in [0.3, 0.4) is 0 Å². The lowest BCUT2D eigenvalue weighted by Crippen LogP contribution is -2.57. The van der Waals surface area contributed by atoms with Crippen LogP contribution in [0, 0.1) is 0 Å². The molecule has 1 aliphatic carbocycles. The Balaban J connectivity index is 1.85. The highest BCUT2D eigenvalue weighted by atomic mass is 16.4. The minimum Gasteiger partial charge on any atom is -0.478 e. The quantitative estimate of drug-likeness (QED) is 0.775. The Kier molecular flexibility index (Phi) is 4.47. The van der Waals surface area contributed by atoms with Crippen molar-refractivity contribution in [3.63, 3.8) is 0 Å². The van der Waals surface area contributed by atoms with Gasteiger partial charge in [-0.15, -0.1) is 0 Å². The molecule has 0 radical (unpaired) electrons. The topological polar surface area (TPSA) is 81.7 Å². The average molecular weight is 291 g/mol. The Bertz CT molecular complexity index is 521. The first-order valence-corrected chi connectivity index (χ1v) is 6.99. The second kappa shape index (κ2) is 6.13. The molecule has 1 aliphatic rings. The first-order chi connectivity index (χ1) is 9.93. The maximum Gasteiger partial charge on any atom is 0.335 e. The second-order valence-electron chi connectivity index (χ2n) is 5.66. The van der Waals surface area contributed by atoms with E-state index in [-0.39, 0.29) is 17.1 Å². The molecule has 2 rings (SSSR count). The Morgan fingerprint density at radius 2 is 1.86 bits per heavy atom. The molecule has 0 bridgehead atoms. The summed E-state index contributed by atoms with van der Waals surface area (Å²) in [5, 5.41) is 14.4. The van der Waals surface area contributed by atoms with Gasteiger partial charge in [0.25, 0.3) is 0 Å². The molecule has 0 aromatic heterocycles. The number of amides is 2. The highest BCUT2D eigenvalue weighted by Crippen LogP contribution is 2.35. The van der Waals surface area contributed by atoms with Gasteiger partial charge in [0.05, 0.1) is 5.56 Å². The summed E-state index contributed by atoms with van der Waals surface area (Å²) < 4.78 is 0. The number of rotatable bonds is 5. The highest BCUT2D eigenvalue weighted by molar-refractivity contribution is 5.91. The van der Waals surface area contributed by atoms with Gasteiger partial charge in [-0.2, -0.15) is 0 Å². The van der Waals surface area contributed by atoms with Crippen molar-refractivity contribution >= 4 is 17.7 Å². The number of hydrogen-bond donors (Lipinski definition) is 3. The fraction of sp³-hybridized carbons (Fsp3) is 0.467. The number of benzene rings is 1. The highest BCUT2D eigenvalue weighted by Gasteiger charge is 2.39. The molecule has 1 aromatic rings. The summed E-state index contributed by atoms with van der Waals surface area (Å²) in [6, 6.07) is 5.81. The van der Waals surface area contributed by atoms with Gasteiger partial charge in [-0.3, -0.25) is 0 Å². The second-order valence-corrected chi connectivity index (χ2v) is 5.66. The molecule has 0 spiro atoms. The number of carboxylic acids is 1. The number of urea groups is 1. The molecule has 0 saturated heterocycles. The fourth-order valence-electron chi connectivity index (χ4n) is 2.48. The number of carbonyl (C=O) groups is 2. The Morgan fingerprint density at radius 1 is 1.24 bits per heavy atom. The summed E-state index contributed by atoms with van der Waals surface area (Å²) in [6.07, 6.45) is 3.37. The van der Waals surface area contributed by atoms with Crippen molar-refractivity contribution < 1.29 is 14.7 Å². The number of nitrogens with one attached hydrogen (secondary N) is 2. The van der Waals surface area contributed by atoms with Crippen LogP contribution in [0.4, 0.5) is 10.5 Å². The number of hydrogen-bond acceptors (Lipinski definition) is 3. The SMILES string of the molecule is CN(C)C1(CNC(=O)Nc2ccc(C(=O)O)cc2)CCC1. The predicted molar refractivity (Wildman–Crippen MR) is 80.7 cm³/mol. The molecule has 3 N–H and O–H groups in total. The summed E-state index contributed by atoms with van der Waals surface area (Å²) in [6.45, 7) is 0.610. The summed E-state index contributed by atoms with van der Waals surface area (Å²) in [4.78, 5) is 24.8. The van der Waals surface area contributed by atoms with Gasteiger partial charge >= 0.3 is 12.0 Å². The van der Waals surface area contributed by atoms with Gasteiger partial charge in [0, 0.05) is 17.8 Å². The van der Waals surface area contributed by atoms with E-state index in [0.717, 1.165) is 12.8 Å². The summed E-state index contributed by atoms with van der Waals surface area (Å²) in [5.74, 6) is -0.982. The fourth-order valence-corrected chi connectivity index (χ4v) is 2.48. The number of anilines is 1. The molecule has 21 heavy (non-hydrogen) atoms. The zero-order valence-electron chi connectivity index (χ0n) is 12.3. The minimum absolute atomic E-state index is 0.0739. The van der Waals surface area contributed by atoms with E-state index in [1.165, 1.54) is 18.6 Å². The lowest BCUT2D eigenvalue weighted by atomic mass is 9.75. The van der Waals surface area contributed by atoms with E-state index in [1.807, 2.05) is 14.1 Å². The van der Waals surface area contributed by atoms with E-state index < -0.39 is 5.97 Å².